The second-order valence-corrected chi connectivity index (χ2v) is 4.42. The molecule has 0 aromatic heterocycles. The summed E-state index contributed by atoms with van der Waals surface area (Å²) in [6.07, 6.45) is 3.73. The molecule has 0 radical (unpaired) electrons. The summed E-state index contributed by atoms with van der Waals surface area (Å²) >= 11 is 1.62. The molecule has 0 aliphatic rings. The highest BCUT2D eigenvalue weighted by molar-refractivity contribution is 8.02. The Kier molecular flexibility index (Phi) is 5.84. The molecule has 0 saturated carbocycles. The fraction of sp³-hybridized carbons (Fsp3) is 0.357. The monoisotopic (exact) mass is 249 g/mol. The van der Waals surface area contributed by atoms with Gasteiger partial charge in [-0.3, -0.25) is 4.79 Å². The quantitative estimate of drug-likeness (QED) is 0.569. The molecule has 1 rings (SSSR count). The Labute approximate surface area is 108 Å². The maximum absolute atomic E-state index is 12.0. The minimum Gasteiger partial charge on any atom is -0.367 e. The summed E-state index contributed by atoms with van der Waals surface area (Å²) < 4.78 is 0. The Bertz CT molecular complexity index is 382. The number of carbonyl (C=O) groups excluding carboxylic acids is 1. The number of hydrogen-bond donors (Lipinski definition) is 0. The second kappa shape index (κ2) is 7.17. The van der Waals surface area contributed by atoms with Gasteiger partial charge in [-0.2, -0.15) is 0 Å². The Morgan fingerprint density at radius 1 is 1.24 bits per heavy atom. The number of benzene rings is 1. The predicted molar refractivity (Wildman–Crippen MR) is 75.3 cm³/mol. The van der Waals surface area contributed by atoms with E-state index in [1.807, 2.05) is 36.6 Å². The zero-order chi connectivity index (χ0) is 12.7. The first-order chi connectivity index (χ1) is 8.22. The van der Waals surface area contributed by atoms with Gasteiger partial charge in [0.05, 0.1) is 5.03 Å². The molecule has 0 fully saturated rings. The molecule has 3 heteroatoms. The Hall–Kier alpha value is -1.22. The molecule has 1 aromatic rings. The third kappa shape index (κ3) is 3.93. The van der Waals surface area contributed by atoms with Crippen LogP contribution >= 0.6 is 11.8 Å². The minimum absolute atomic E-state index is 0.0712. The molecule has 1 aromatic carbocycles. The van der Waals surface area contributed by atoms with E-state index in [0.717, 1.165) is 23.7 Å². The number of hydrogen-bond acceptors (Lipinski definition) is 3. The summed E-state index contributed by atoms with van der Waals surface area (Å²) in [6, 6.07) is 9.38. The average molecular weight is 249 g/mol. The van der Waals surface area contributed by atoms with E-state index in [9.17, 15) is 4.79 Å². The van der Waals surface area contributed by atoms with Gasteiger partial charge in [0.2, 0.25) is 0 Å². The number of rotatable bonds is 6. The molecule has 0 aliphatic heterocycles. The average Bonchev–Trinajstić information content (AvgIpc) is 2.39. The third-order valence-electron chi connectivity index (χ3n) is 2.60. The Morgan fingerprint density at radius 2 is 1.82 bits per heavy atom. The molecule has 0 amide bonds. The standard InChI is InChI=1S/C14H19NOS/c1-4-15(5-2)14(17-3)11-13(16)12-9-7-6-8-10-12/h6-11H,4-5H2,1-3H3/b14-11-. The van der Waals surface area contributed by atoms with E-state index in [2.05, 4.69) is 18.7 Å². The lowest BCUT2D eigenvalue weighted by molar-refractivity contribution is 0.104. The van der Waals surface area contributed by atoms with Gasteiger partial charge < -0.3 is 4.90 Å². The Balaban J connectivity index is 2.89. The summed E-state index contributed by atoms with van der Waals surface area (Å²) in [6.45, 7) is 6.04. The SMILES string of the molecule is CCN(CC)/C(=C/C(=O)c1ccccc1)SC. The normalized spacial score (nSPS) is 11.4. The van der Waals surface area contributed by atoms with Crippen molar-refractivity contribution in [1.29, 1.82) is 0 Å². The van der Waals surface area contributed by atoms with Crippen LogP contribution in [-0.2, 0) is 0 Å². The lowest BCUT2D eigenvalue weighted by Gasteiger charge is -2.22. The number of allylic oxidation sites excluding steroid dienone is 1. The maximum Gasteiger partial charge on any atom is 0.188 e. The van der Waals surface area contributed by atoms with Crippen LogP contribution in [0.25, 0.3) is 0 Å². The summed E-state index contributed by atoms with van der Waals surface area (Å²) in [5, 5.41) is 1.03. The molecule has 0 aliphatic carbocycles. The van der Waals surface area contributed by atoms with E-state index in [1.54, 1.807) is 17.8 Å². The van der Waals surface area contributed by atoms with Crippen molar-refractivity contribution in [2.24, 2.45) is 0 Å². The van der Waals surface area contributed by atoms with Crippen LogP contribution in [-0.4, -0.2) is 30.0 Å². The fourth-order valence-electron chi connectivity index (χ4n) is 1.61. The molecule has 0 spiro atoms. The summed E-state index contributed by atoms with van der Waals surface area (Å²) in [5.74, 6) is 0.0712. The first-order valence-corrected chi connectivity index (χ1v) is 7.05. The molecule has 92 valence electrons. The van der Waals surface area contributed by atoms with E-state index in [1.165, 1.54) is 0 Å². The molecule has 0 N–H and O–H groups in total. The van der Waals surface area contributed by atoms with E-state index in [0.29, 0.717) is 0 Å². The van der Waals surface area contributed by atoms with Gasteiger partial charge in [-0.1, -0.05) is 30.3 Å². The lowest BCUT2D eigenvalue weighted by atomic mass is 10.1. The van der Waals surface area contributed by atoms with Gasteiger partial charge >= 0.3 is 0 Å². The molecule has 0 atom stereocenters. The number of nitrogens with zero attached hydrogens (tertiary/aromatic N) is 1. The highest BCUT2D eigenvalue weighted by Crippen LogP contribution is 2.18. The van der Waals surface area contributed by atoms with Crippen molar-refractivity contribution in [3.05, 3.63) is 47.0 Å². The second-order valence-electron chi connectivity index (χ2n) is 3.59. The van der Waals surface area contributed by atoms with Crippen molar-refractivity contribution >= 4 is 17.5 Å². The molecule has 2 nitrogen and oxygen atoms in total. The van der Waals surface area contributed by atoms with E-state index >= 15 is 0 Å². The largest absolute Gasteiger partial charge is 0.367 e. The zero-order valence-corrected chi connectivity index (χ0v) is 11.5. The van der Waals surface area contributed by atoms with Gasteiger partial charge in [0.15, 0.2) is 5.78 Å². The first-order valence-electron chi connectivity index (χ1n) is 5.82. The molecular formula is C14H19NOS. The summed E-state index contributed by atoms with van der Waals surface area (Å²) in [7, 11) is 0. The van der Waals surface area contributed by atoms with Crippen LogP contribution in [0.2, 0.25) is 0 Å². The first kappa shape index (κ1) is 13.8. The van der Waals surface area contributed by atoms with Crippen molar-refractivity contribution in [2.45, 2.75) is 13.8 Å². The van der Waals surface area contributed by atoms with Gasteiger partial charge in [-0.05, 0) is 20.1 Å². The molecular weight excluding hydrogens is 230 g/mol. The predicted octanol–water partition coefficient (Wildman–Crippen LogP) is 3.42. The Morgan fingerprint density at radius 3 is 2.29 bits per heavy atom. The van der Waals surface area contributed by atoms with Gasteiger partial charge in [0.1, 0.15) is 0 Å². The van der Waals surface area contributed by atoms with Crippen molar-refractivity contribution in [2.75, 3.05) is 19.3 Å². The highest BCUT2D eigenvalue weighted by atomic mass is 32.2. The van der Waals surface area contributed by atoms with Crippen LogP contribution in [0, 0.1) is 0 Å². The lowest BCUT2D eigenvalue weighted by Crippen LogP contribution is -2.21. The molecule has 0 unspecified atom stereocenters. The van der Waals surface area contributed by atoms with Crippen LogP contribution in [0.1, 0.15) is 24.2 Å². The van der Waals surface area contributed by atoms with E-state index in [-0.39, 0.29) is 5.78 Å². The van der Waals surface area contributed by atoms with Crippen molar-refractivity contribution < 1.29 is 4.79 Å². The molecule has 17 heavy (non-hydrogen) atoms. The maximum atomic E-state index is 12.0. The van der Waals surface area contributed by atoms with Crippen molar-refractivity contribution in [3.63, 3.8) is 0 Å². The fourth-order valence-corrected chi connectivity index (χ4v) is 2.35. The molecule has 0 bridgehead atoms. The summed E-state index contributed by atoms with van der Waals surface area (Å²) in [4.78, 5) is 14.2. The van der Waals surface area contributed by atoms with Gasteiger partial charge in [0, 0.05) is 24.7 Å². The highest BCUT2D eigenvalue weighted by Gasteiger charge is 2.08. The number of ketones is 1. The topological polar surface area (TPSA) is 20.3 Å². The van der Waals surface area contributed by atoms with Crippen molar-refractivity contribution in [3.8, 4) is 0 Å². The number of carbonyl (C=O) groups is 1. The van der Waals surface area contributed by atoms with Gasteiger partial charge in [0.25, 0.3) is 0 Å². The van der Waals surface area contributed by atoms with Crippen LogP contribution < -0.4 is 0 Å². The van der Waals surface area contributed by atoms with Gasteiger partial charge in [-0.25, -0.2) is 0 Å². The zero-order valence-electron chi connectivity index (χ0n) is 10.6. The third-order valence-corrected chi connectivity index (χ3v) is 3.39. The minimum atomic E-state index is 0.0712. The van der Waals surface area contributed by atoms with Crippen LogP contribution in [0.15, 0.2) is 41.4 Å². The van der Waals surface area contributed by atoms with Crippen LogP contribution in [0.3, 0.4) is 0 Å². The van der Waals surface area contributed by atoms with Crippen LogP contribution in [0.5, 0.6) is 0 Å². The van der Waals surface area contributed by atoms with E-state index in [4.69, 9.17) is 0 Å². The van der Waals surface area contributed by atoms with Gasteiger partial charge in [-0.15, -0.1) is 11.8 Å². The summed E-state index contributed by atoms with van der Waals surface area (Å²) in [5.41, 5.74) is 0.742. The molecule has 0 heterocycles. The van der Waals surface area contributed by atoms with E-state index < -0.39 is 0 Å². The number of thioether (sulfide) groups is 1. The molecule has 0 saturated heterocycles. The van der Waals surface area contributed by atoms with Crippen LogP contribution in [0.4, 0.5) is 0 Å². The smallest absolute Gasteiger partial charge is 0.188 e. The van der Waals surface area contributed by atoms with Crippen molar-refractivity contribution in [1.82, 2.24) is 4.90 Å².